The lowest BCUT2D eigenvalue weighted by Gasteiger charge is -2.23. The maximum absolute atomic E-state index is 13.8. The molecule has 0 radical (unpaired) electrons. The minimum Gasteiger partial charge on any atom is -0.497 e. The Morgan fingerprint density at radius 3 is 2.45 bits per heavy atom. The predicted molar refractivity (Wildman–Crippen MR) is 165 cm³/mol. The first-order chi connectivity index (χ1) is 20.4. The zero-order chi connectivity index (χ0) is 29.6. The van der Waals surface area contributed by atoms with Crippen molar-refractivity contribution in [3.05, 3.63) is 88.9 Å². The zero-order valence-electron chi connectivity index (χ0n) is 23.5. The Hall–Kier alpha value is -3.99. The average molecular weight is 607 g/mol. The second-order valence-electron chi connectivity index (χ2n) is 9.46. The molecular weight excluding hydrogens is 576 g/mol. The topological polar surface area (TPSA) is 94.9 Å². The minimum atomic E-state index is -0.334. The van der Waals surface area contributed by atoms with Crippen LogP contribution in [0, 0.1) is 0 Å². The second-order valence-corrected chi connectivity index (χ2v) is 11.0. The van der Waals surface area contributed by atoms with E-state index in [2.05, 4.69) is 5.32 Å². The number of amides is 2. The van der Waals surface area contributed by atoms with Gasteiger partial charge in [0.05, 0.1) is 43.2 Å². The van der Waals surface area contributed by atoms with Gasteiger partial charge in [-0.3, -0.25) is 14.5 Å². The number of benzene rings is 3. The summed E-state index contributed by atoms with van der Waals surface area (Å²) in [5.41, 5.74) is 3.88. The summed E-state index contributed by atoms with van der Waals surface area (Å²) in [4.78, 5) is 28.5. The van der Waals surface area contributed by atoms with Crippen LogP contribution in [0.1, 0.15) is 16.4 Å². The van der Waals surface area contributed by atoms with E-state index in [-0.39, 0.29) is 29.4 Å². The van der Waals surface area contributed by atoms with E-state index in [0.29, 0.717) is 46.9 Å². The standard InChI is InChI=1S/C31H31ClN4O5S/c1-39-17-16-33-26(37)18-35-27(38)19-42-30(24-6-4-5-7-25(24)41-3)28-29(20-8-10-21(32)11-9-20)34-36(31(28)35)22-12-14-23(40-2)15-13-22/h4-15,30H,16-19H2,1-3H3,(H,33,37)/t30-/m0/s1. The molecule has 1 aromatic heterocycles. The number of nitrogens with zero attached hydrogens (tertiary/aromatic N) is 3. The molecule has 5 rings (SSSR count). The van der Waals surface area contributed by atoms with Crippen molar-refractivity contribution in [1.82, 2.24) is 15.1 Å². The number of ether oxygens (including phenoxy) is 3. The molecule has 42 heavy (non-hydrogen) atoms. The highest BCUT2D eigenvalue weighted by Gasteiger charge is 2.38. The van der Waals surface area contributed by atoms with Crippen molar-refractivity contribution in [2.24, 2.45) is 0 Å². The van der Waals surface area contributed by atoms with Crippen LogP contribution in [0.3, 0.4) is 0 Å². The van der Waals surface area contributed by atoms with Crippen molar-refractivity contribution in [2.45, 2.75) is 5.25 Å². The fourth-order valence-electron chi connectivity index (χ4n) is 4.86. The Morgan fingerprint density at radius 1 is 1.02 bits per heavy atom. The minimum absolute atomic E-state index is 0.144. The Labute approximate surface area is 253 Å². The summed E-state index contributed by atoms with van der Waals surface area (Å²) < 4.78 is 17.9. The van der Waals surface area contributed by atoms with E-state index in [0.717, 1.165) is 16.7 Å². The molecule has 2 heterocycles. The summed E-state index contributed by atoms with van der Waals surface area (Å²) in [7, 11) is 4.80. The number of nitrogens with one attached hydrogen (secondary N) is 1. The summed E-state index contributed by atoms with van der Waals surface area (Å²) in [6.45, 7) is 0.508. The predicted octanol–water partition coefficient (Wildman–Crippen LogP) is 5.14. The molecule has 0 spiro atoms. The third-order valence-corrected chi connectivity index (χ3v) is 8.36. The number of thioether (sulfide) groups is 1. The molecular formula is C31H31ClN4O5S. The lowest BCUT2D eigenvalue weighted by atomic mass is 9.99. The number of halogens is 1. The van der Waals surface area contributed by atoms with Crippen molar-refractivity contribution in [3.63, 3.8) is 0 Å². The first kappa shape index (κ1) is 29.5. The van der Waals surface area contributed by atoms with E-state index in [1.165, 1.54) is 16.7 Å². The number of carbonyl (C=O) groups is 2. The van der Waals surface area contributed by atoms with Crippen LogP contribution in [0.25, 0.3) is 16.9 Å². The number of anilines is 1. The van der Waals surface area contributed by atoms with Crippen LogP contribution in [-0.2, 0) is 14.3 Å². The number of fused-ring (bicyclic) bond motifs is 1. The van der Waals surface area contributed by atoms with Crippen LogP contribution in [0.15, 0.2) is 72.8 Å². The van der Waals surface area contributed by atoms with Crippen molar-refractivity contribution < 1.29 is 23.8 Å². The van der Waals surface area contributed by atoms with E-state index in [1.807, 2.05) is 72.8 Å². The van der Waals surface area contributed by atoms with Crippen LogP contribution in [0.4, 0.5) is 5.82 Å². The van der Waals surface area contributed by atoms with E-state index < -0.39 is 0 Å². The van der Waals surface area contributed by atoms with Crippen LogP contribution >= 0.6 is 23.4 Å². The van der Waals surface area contributed by atoms with Gasteiger partial charge in [-0.25, -0.2) is 4.68 Å². The summed E-state index contributed by atoms with van der Waals surface area (Å²) in [5.74, 6) is 1.52. The molecule has 0 fully saturated rings. The number of hydrogen-bond donors (Lipinski definition) is 1. The molecule has 1 N–H and O–H groups in total. The molecule has 4 aromatic rings. The number of carbonyl (C=O) groups excluding carboxylic acids is 2. The first-order valence-corrected chi connectivity index (χ1v) is 14.7. The van der Waals surface area contributed by atoms with Gasteiger partial charge in [0.1, 0.15) is 23.9 Å². The molecule has 1 atom stereocenters. The van der Waals surface area contributed by atoms with Crippen molar-refractivity contribution in [3.8, 4) is 28.4 Å². The fraction of sp³-hybridized carbons (Fsp3) is 0.258. The van der Waals surface area contributed by atoms with E-state index in [9.17, 15) is 9.59 Å². The largest absolute Gasteiger partial charge is 0.497 e. The molecule has 0 saturated carbocycles. The fourth-order valence-corrected chi connectivity index (χ4v) is 6.21. The highest BCUT2D eigenvalue weighted by Crippen LogP contribution is 2.50. The van der Waals surface area contributed by atoms with Crippen LogP contribution in [0.2, 0.25) is 5.02 Å². The summed E-state index contributed by atoms with van der Waals surface area (Å²) in [6, 6.07) is 22.6. The Balaban J connectivity index is 1.77. The maximum Gasteiger partial charge on any atom is 0.240 e. The van der Waals surface area contributed by atoms with E-state index in [1.54, 1.807) is 26.0 Å². The summed E-state index contributed by atoms with van der Waals surface area (Å²) in [5, 5.41) is 8.19. The highest BCUT2D eigenvalue weighted by molar-refractivity contribution is 8.00. The van der Waals surface area contributed by atoms with Gasteiger partial charge in [-0.05, 0) is 42.5 Å². The molecule has 1 aliphatic heterocycles. The smallest absolute Gasteiger partial charge is 0.240 e. The van der Waals surface area contributed by atoms with Gasteiger partial charge >= 0.3 is 0 Å². The molecule has 0 unspecified atom stereocenters. The lowest BCUT2D eigenvalue weighted by Crippen LogP contribution is -2.43. The van der Waals surface area contributed by atoms with Crippen molar-refractivity contribution in [2.75, 3.05) is 51.7 Å². The number of methoxy groups -OCH3 is 3. The maximum atomic E-state index is 13.8. The van der Waals surface area contributed by atoms with Gasteiger partial charge in [-0.15, -0.1) is 11.8 Å². The van der Waals surface area contributed by atoms with Gasteiger partial charge < -0.3 is 19.5 Å². The third-order valence-electron chi connectivity index (χ3n) is 6.88. The van der Waals surface area contributed by atoms with Gasteiger partial charge in [-0.2, -0.15) is 5.10 Å². The average Bonchev–Trinajstić information content (AvgIpc) is 3.34. The highest BCUT2D eigenvalue weighted by atomic mass is 35.5. The number of aromatic nitrogens is 2. The molecule has 0 saturated heterocycles. The molecule has 2 amide bonds. The molecule has 9 nitrogen and oxygen atoms in total. The zero-order valence-corrected chi connectivity index (χ0v) is 25.1. The quantitative estimate of drug-likeness (QED) is 0.250. The third kappa shape index (κ3) is 6.11. The van der Waals surface area contributed by atoms with Gasteiger partial charge in [0.15, 0.2) is 0 Å². The molecule has 0 bridgehead atoms. The Kier molecular flexibility index (Phi) is 9.36. The second kappa shape index (κ2) is 13.3. The SMILES string of the molecule is COCCNC(=O)CN1C(=O)CS[C@@H](c2ccccc2OC)c2c(-c3ccc(Cl)cc3)nn(-c3ccc(OC)cc3)c21. The Bertz CT molecular complexity index is 1560. The van der Waals surface area contributed by atoms with Gasteiger partial charge in [0, 0.05) is 35.4 Å². The number of rotatable bonds is 10. The van der Waals surface area contributed by atoms with E-state index in [4.69, 9.17) is 30.9 Å². The molecule has 1 aliphatic rings. The van der Waals surface area contributed by atoms with Gasteiger partial charge in [0.25, 0.3) is 0 Å². The molecule has 11 heteroatoms. The summed E-state index contributed by atoms with van der Waals surface area (Å²) in [6.07, 6.45) is 0. The number of hydrogen-bond acceptors (Lipinski definition) is 7. The molecule has 0 aliphatic carbocycles. The van der Waals surface area contributed by atoms with Gasteiger partial charge in [0.2, 0.25) is 11.8 Å². The normalized spacial score (nSPS) is 14.7. The van der Waals surface area contributed by atoms with Crippen LogP contribution in [0.5, 0.6) is 11.5 Å². The lowest BCUT2D eigenvalue weighted by molar-refractivity contribution is -0.123. The van der Waals surface area contributed by atoms with E-state index >= 15 is 0 Å². The van der Waals surface area contributed by atoms with Crippen molar-refractivity contribution in [1.29, 1.82) is 0 Å². The Morgan fingerprint density at radius 2 is 1.76 bits per heavy atom. The summed E-state index contributed by atoms with van der Waals surface area (Å²) >= 11 is 7.72. The number of para-hydroxylation sites is 1. The van der Waals surface area contributed by atoms with Crippen LogP contribution in [-0.4, -0.2) is 68.4 Å². The van der Waals surface area contributed by atoms with Crippen LogP contribution < -0.4 is 19.7 Å². The molecule has 3 aromatic carbocycles. The van der Waals surface area contributed by atoms with Crippen molar-refractivity contribution >= 4 is 41.0 Å². The first-order valence-electron chi connectivity index (χ1n) is 13.3. The molecule has 218 valence electrons. The monoisotopic (exact) mass is 606 g/mol. The van der Waals surface area contributed by atoms with Gasteiger partial charge in [-0.1, -0.05) is 41.9 Å².